The molecule has 0 aromatic heterocycles. The lowest BCUT2D eigenvalue weighted by atomic mass is 10.1. The topological polar surface area (TPSA) is 55.4 Å². The number of nitrogens with two attached hydrogens (primary N) is 1. The molecule has 0 saturated carbocycles. The quantitative estimate of drug-likeness (QED) is 0.529. The van der Waals surface area contributed by atoms with Gasteiger partial charge in [0.1, 0.15) is 5.84 Å². The molecule has 1 rings (SSSR count). The normalized spacial score (nSPS) is 25.9. The van der Waals surface area contributed by atoms with Crippen molar-refractivity contribution in [1.29, 1.82) is 0 Å². The van der Waals surface area contributed by atoms with Crippen molar-refractivity contribution in [3.63, 3.8) is 0 Å². The molecule has 3 heteroatoms. The Hall–Kier alpha value is -1.12. The van der Waals surface area contributed by atoms with Crippen molar-refractivity contribution >= 4 is 11.7 Å². The molecule has 0 aromatic carbocycles. The molecule has 0 spiro atoms. The molecule has 3 nitrogen and oxygen atoms in total. The molecule has 1 atom stereocenters. The Kier molecular flexibility index (Phi) is 1.85. The first-order valence-electron chi connectivity index (χ1n) is 3.24. The maximum absolute atomic E-state index is 10.9. The molecule has 1 aliphatic rings. The summed E-state index contributed by atoms with van der Waals surface area (Å²) in [5, 5.41) is 0. The Morgan fingerprint density at radius 1 is 1.80 bits per heavy atom. The molecular weight excluding hydrogens is 128 g/mol. The number of carbonyl (C=O) groups is 1. The van der Waals surface area contributed by atoms with Crippen LogP contribution in [-0.2, 0) is 4.79 Å². The zero-order valence-corrected chi connectivity index (χ0v) is 5.87. The van der Waals surface area contributed by atoms with E-state index in [9.17, 15) is 4.79 Å². The maximum Gasteiger partial charge on any atom is 0.250 e. The number of carbonyl (C=O) groups excluding carboxylic acids is 1. The summed E-state index contributed by atoms with van der Waals surface area (Å²) in [6.07, 6.45) is 4.28. The summed E-state index contributed by atoms with van der Waals surface area (Å²) in [6, 6.07) is 0. The minimum absolute atomic E-state index is 0.0164. The van der Waals surface area contributed by atoms with Gasteiger partial charge < -0.3 is 5.73 Å². The first-order chi connectivity index (χ1) is 4.70. The van der Waals surface area contributed by atoms with E-state index >= 15 is 0 Å². The summed E-state index contributed by atoms with van der Waals surface area (Å²) in [5.41, 5.74) is 5.33. The van der Waals surface area contributed by atoms with E-state index in [1.807, 2.05) is 13.0 Å². The molecule has 0 radical (unpaired) electrons. The van der Waals surface area contributed by atoms with Crippen LogP contribution >= 0.6 is 0 Å². The zero-order valence-electron chi connectivity index (χ0n) is 5.87. The van der Waals surface area contributed by atoms with Gasteiger partial charge in [0.2, 0.25) is 0 Å². The van der Waals surface area contributed by atoms with Crippen LogP contribution in [0.25, 0.3) is 0 Å². The molecule has 0 saturated heterocycles. The van der Waals surface area contributed by atoms with Crippen molar-refractivity contribution in [2.24, 2.45) is 16.6 Å². The second-order valence-corrected chi connectivity index (χ2v) is 2.41. The van der Waals surface area contributed by atoms with Crippen molar-refractivity contribution in [3.05, 3.63) is 12.2 Å². The summed E-state index contributed by atoms with van der Waals surface area (Å²) < 4.78 is 0. The van der Waals surface area contributed by atoms with Crippen LogP contribution in [0.3, 0.4) is 0 Å². The number of rotatable bonds is 0. The van der Waals surface area contributed by atoms with Crippen LogP contribution in [0.15, 0.2) is 17.1 Å². The van der Waals surface area contributed by atoms with E-state index in [2.05, 4.69) is 4.99 Å². The Morgan fingerprint density at radius 2 is 2.50 bits per heavy atom. The highest BCUT2D eigenvalue weighted by atomic mass is 16.1. The Morgan fingerprint density at radius 3 is 3.20 bits per heavy atom. The predicted octanol–water partition coefficient (Wildman–Crippen LogP) is 0.466. The summed E-state index contributed by atoms with van der Waals surface area (Å²) in [7, 11) is 0. The summed E-state index contributed by atoms with van der Waals surface area (Å²) in [5.74, 6) is 0.175. The highest BCUT2D eigenvalue weighted by Gasteiger charge is 2.12. The Balaban J connectivity index is 2.81. The number of amidine groups is 1. The van der Waals surface area contributed by atoms with Crippen molar-refractivity contribution < 1.29 is 4.79 Å². The van der Waals surface area contributed by atoms with E-state index in [-0.39, 0.29) is 11.8 Å². The third-order valence-corrected chi connectivity index (χ3v) is 1.44. The van der Waals surface area contributed by atoms with Gasteiger partial charge in [0.15, 0.2) is 0 Å². The van der Waals surface area contributed by atoms with Gasteiger partial charge in [-0.25, -0.2) is 0 Å². The second kappa shape index (κ2) is 2.64. The van der Waals surface area contributed by atoms with E-state index in [0.717, 1.165) is 6.42 Å². The average Bonchev–Trinajstić information content (AvgIpc) is 1.96. The standard InChI is InChI=1S/C7H10N2O/c1-5-3-2-4-6(8)9-7(5)10/h2,4-5H,3H2,1H3,(H2,8,9,10). The molecule has 1 unspecified atom stereocenters. The minimum Gasteiger partial charge on any atom is -0.384 e. The van der Waals surface area contributed by atoms with Crippen LogP contribution in [0, 0.1) is 5.92 Å². The van der Waals surface area contributed by atoms with Crippen LogP contribution in [0.4, 0.5) is 0 Å². The monoisotopic (exact) mass is 138 g/mol. The van der Waals surface area contributed by atoms with Crippen LogP contribution in [0.1, 0.15) is 13.3 Å². The first kappa shape index (κ1) is 6.99. The molecule has 1 amide bonds. The summed E-state index contributed by atoms with van der Waals surface area (Å²) in [4.78, 5) is 14.5. The van der Waals surface area contributed by atoms with E-state index in [4.69, 9.17) is 5.73 Å². The van der Waals surface area contributed by atoms with Crippen LogP contribution in [0.2, 0.25) is 0 Å². The van der Waals surface area contributed by atoms with Crippen molar-refractivity contribution in [1.82, 2.24) is 0 Å². The van der Waals surface area contributed by atoms with E-state index in [1.165, 1.54) is 0 Å². The molecule has 0 fully saturated rings. The second-order valence-electron chi connectivity index (χ2n) is 2.41. The Bertz CT molecular complexity index is 206. The largest absolute Gasteiger partial charge is 0.384 e. The predicted molar refractivity (Wildman–Crippen MR) is 39.6 cm³/mol. The molecule has 0 bridgehead atoms. The number of allylic oxidation sites excluding steroid dienone is 1. The molecule has 54 valence electrons. The van der Waals surface area contributed by atoms with Gasteiger partial charge in [-0.3, -0.25) is 4.79 Å². The highest BCUT2D eigenvalue weighted by molar-refractivity contribution is 6.01. The van der Waals surface area contributed by atoms with Crippen molar-refractivity contribution in [3.8, 4) is 0 Å². The van der Waals surface area contributed by atoms with Crippen LogP contribution < -0.4 is 5.73 Å². The summed E-state index contributed by atoms with van der Waals surface area (Å²) in [6.45, 7) is 1.84. The van der Waals surface area contributed by atoms with Gasteiger partial charge in [0, 0.05) is 5.92 Å². The lowest BCUT2D eigenvalue weighted by Gasteiger charge is -1.98. The summed E-state index contributed by atoms with van der Waals surface area (Å²) >= 11 is 0. The molecule has 0 aromatic rings. The highest BCUT2D eigenvalue weighted by Crippen LogP contribution is 2.07. The third kappa shape index (κ3) is 1.43. The van der Waals surface area contributed by atoms with Crippen molar-refractivity contribution in [2.75, 3.05) is 0 Å². The number of nitrogens with zero attached hydrogens (tertiary/aromatic N) is 1. The smallest absolute Gasteiger partial charge is 0.250 e. The van der Waals surface area contributed by atoms with Gasteiger partial charge in [-0.05, 0) is 12.5 Å². The van der Waals surface area contributed by atoms with Crippen LogP contribution in [-0.4, -0.2) is 11.7 Å². The fraction of sp³-hybridized carbons (Fsp3) is 0.429. The number of aliphatic imine (C=N–C) groups is 1. The van der Waals surface area contributed by atoms with E-state index in [0.29, 0.717) is 5.84 Å². The van der Waals surface area contributed by atoms with Gasteiger partial charge in [0.25, 0.3) is 5.91 Å². The fourth-order valence-electron chi connectivity index (χ4n) is 0.768. The van der Waals surface area contributed by atoms with Gasteiger partial charge in [0.05, 0.1) is 0 Å². The molecule has 1 heterocycles. The molecule has 1 aliphatic heterocycles. The minimum atomic E-state index is -0.123. The fourth-order valence-corrected chi connectivity index (χ4v) is 0.768. The molecular formula is C7H10N2O. The van der Waals surface area contributed by atoms with E-state index in [1.54, 1.807) is 6.08 Å². The third-order valence-electron chi connectivity index (χ3n) is 1.44. The Labute approximate surface area is 59.6 Å². The number of amides is 1. The van der Waals surface area contributed by atoms with Gasteiger partial charge in [-0.1, -0.05) is 13.0 Å². The lowest BCUT2D eigenvalue weighted by molar-refractivity contribution is -0.120. The SMILES string of the molecule is CC1CC=CC(N)=NC1=O. The molecule has 10 heavy (non-hydrogen) atoms. The van der Waals surface area contributed by atoms with E-state index < -0.39 is 0 Å². The molecule has 0 aliphatic carbocycles. The number of hydrogen-bond acceptors (Lipinski definition) is 2. The maximum atomic E-state index is 10.9. The first-order valence-corrected chi connectivity index (χ1v) is 3.24. The van der Waals surface area contributed by atoms with Crippen molar-refractivity contribution in [2.45, 2.75) is 13.3 Å². The van der Waals surface area contributed by atoms with Gasteiger partial charge in [-0.15, -0.1) is 0 Å². The van der Waals surface area contributed by atoms with Gasteiger partial charge in [-0.2, -0.15) is 4.99 Å². The average molecular weight is 138 g/mol. The van der Waals surface area contributed by atoms with Crippen LogP contribution in [0.5, 0.6) is 0 Å². The molecule has 2 N–H and O–H groups in total. The number of hydrogen-bond donors (Lipinski definition) is 1. The van der Waals surface area contributed by atoms with Gasteiger partial charge >= 0.3 is 0 Å². The lowest BCUT2D eigenvalue weighted by Crippen LogP contribution is -2.12. The zero-order chi connectivity index (χ0) is 7.56.